The molecule has 3 rings (SSSR count). The molecule has 7 nitrogen and oxygen atoms in total. The average molecular weight is 355 g/mol. The molecule has 2 atom stereocenters. The number of carbonyl (C=O) groups excluding carboxylic acids is 1. The van der Waals surface area contributed by atoms with Gasteiger partial charge in [-0.2, -0.15) is 0 Å². The molecule has 24 heavy (non-hydrogen) atoms. The third kappa shape index (κ3) is 3.49. The van der Waals surface area contributed by atoms with E-state index in [0.717, 1.165) is 25.4 Å². The van der Waals surface area contributed by atoms with Gasteiger partial charge in [-0.05, 0) is 38.5 Å². The van der Waals surface area contributed by atoms with Crippen LogP contribution in [0.2, 0.25) is 0 Å². The lowest BCUT2D eigenvalue weighted by Crippen LogP contribution is -2.48. The first-order valence-corrected chi connectivity index (χ1v) is 10.1. The van der Waals surface area contributed by atoms with Crippen LogP contribution in [0.3, 0.4) is 0 Å². The fraction of sp³-hybridized carbons (Fsp3) is 0.750. The smallest absolute Gasteiger partial charge is 0.246 e. The van der Waals surface area contributed by atoms with Gasteiger partial charge in [0.15, 0.2) is 5.76 Å². The Labute approximate surface area is 142 Å². The number of hydrogen-bond acceptors (Lipinski definition) is 5. The fourth-order valence-electron chi connectivity index (χ4n) is 4.03. The molecule has 1 aromatic rings. The zero-order valence-electron chi connectivity index (χ0n) is 14.2. The molecule has 1 saturated heterocycles. The van der Waals surface area contributed by atoms with E-state index in [-0.39, 0.29) is 23.1 Å². The fourth-order valence-corrected chi connectivity index (χ4v) is 5.33. The molecule has 1 amide bonds. The summed E-state index contributed by atoms with van der Waals surface area (Å²) >= 11 is 0. The van der Waals surface area contributed by atoms with Gasteiger partial charge in [0.25, 0.3) is 0 Å². The van der Waals surface area contributed by atoms with Crippen LogP contribution in [0.4, 0.5) is 0 Å². The molecule has 134 valence electrons. The van der Waals surface area contributed by atoms with Gasteiger partial charge < -0.3 is 9.42 Å². The topological polar surface area (TPSA) is 92.5 Å². The highest BCUT2D eigenvalue weighted by atomic mass is 32.2. The van der Waals surface area contributed by atoms with E-state index in [1.54, 1.807) is 13.8 Å². The van der Waals surface area contributed by atoms with Crippen molar-refractivity contribution < 1.29 is 17.7 Å². The zero-order valence-corrected chi connectivity index (χ0v) is 15.1. The van der Waals surface area contributed by atoms with Crippen LogP contribution in [0, 0.1) is 25.7 Å². The van der Waals surface area contributed by atoms with Gasteiger partial charge >= 0.3 is 0 Å². The number of rotatable bonds is 4. The quantitative estimate of drug-likeness (QED) is 0.886. The molecule has 0 spiro atoms. The first-order valence-electron chi connectivity index (χ1n) is 8.59. The molecule has 8 heteroatoms. The lowest BCUT2D eigenvalue weighted by Gasteiger charge is -2.41. The molecule has 0 bridgehead atoms. The molecule has 0 aromatic carbocycles. The SMILES string of the molecule is Cc1noc(C)c1S(=O)(=O)NCC(=O)N1CC[C@H]2CCCC[C@@H]2C1. The first kappa shape index (κ1) is 17.4. The van der Waals surface area contributed by atoms with Crippen molar-refractivity contribution in [3.05, 3.63) is 11.5 Å². The molecular weight excluding hydrogens is 330 g/mol. The van der Waals surface area contributed by atoms with E-state index < -0.39 is 10.0 Å². The number of piperidine rings is 1. The second-order valence-electron chi connectivity index (χ2n) is 6.91. The van der Waals surface area contributed by atoms with E-state index in [2.05, 4.69) is 9.88 Å². The normalized spacial score (nSPS) is 24.7. The predicted octanol–water partition coefficient (Wildman–Crippen LogP) is 1.61. The summed E-state index contributed by atoms with van der Waals surface area (Å²) in [6.45, 7) is 4.39. The number of sulfonamides is 1. The van der Waals surface area contributed by atoms with E-state index in [1.165, 1.54) is 25.7 Å². The maximum absolute atomic E-state index is 12.4. The third-order valence-corrected chi connectivity index (χ3v) is 6.94. The van der Waals surface area contributed by atoms with Gasteiger partial charge in [-0.1, -0.05) is 24.4 Å². The number of fused-ring (bicyclic) bond motifs is 1. The summed E-state index contributed by atoms with van der Waals surface area (Å²) in [6, 6.07) is 0. The van der Waals surface area contributed by atoms with Gasteiger partial charge in [-0.15, -0.1) is 0 Å². The second-order valence-corrected chi connectivity index (χ2v) is 8.61. The van der Waals surface area contributed by atoms with Crippen LogP contribution in [0.15, 0.2) is 9.42 Å². The maximum atomic E-state index is 12.4. The van der Waals surface area contributed by atoms with E-state index in [4.69, 9.17) is 4.52 Å². The van der Waals surface area contributed by atoms with Crippen molar-refractivity contribution in [2.24, 2.45) is 11.8 Å². The maximum Gasteiger partial charge on any atom is 0.246 e. The minimum atomic E-state index is -3.79. The minimum absolute atomic E-state index is 0.0290. The van der Waals surface area contributed by atoms with Crippen LogP contribution in [0.25, 0.3) is 0 Å². The Hall–Kier alpha value is -1.41. The molecule has 1 saturated carbocycles. The third-order valence-electron chi connectivity index (χ3n) is 5.29. The Morgan fingerprint density at radius 3 is 2.62 bits per heavy atom. The van der Waals surface area contributed by atoms with Crippen molar-refractivity contribution in [3.8, 4) is 0 Å². The van der Waals surface area contributed by atoms with Crippen molar-refractivity contribution in [1.82, 2.24) is 14.8 Å². The summed E-state index contributed by atoms with van der Waals surface area (Å²) in [6.07, 6.45) is 6.02. The van der Waals surface area contributed by atoms with E-state index in [9.17, 15) is 13.2 Å². The van der Waals surface area contributed by atoms with Gasteiger partial charge in [0.05, 0.1) is 6.54 Å². The molecule has 0 radical (unpaired) electrons. The van der Waals surface area contributed by atoms with Crippen LogP contribution < -0.4 is 4.72 Å². The number of aromatic nitrogens is 1. The Kier molecular flexibility index (Phi) is 4.96. The summed E-state index contributed by atoms with van der Waals surface area (Å²) in [7, 11) is -3.79. The van der Waals surface area contributed by atoms with Gasteiger partial charge in [-0.3, -0.25) is 4.79 Å². The number of amides is 1. The van der Waals surface area contributed by atoms with Crippen molar-refractivity contribution in [3.63, 3.8) is 0 Å². The molecule has 1 aromatic heterocycles. The molecular formula is C16H25N3O4S. The Morgan fingerprint density at radius 2 is 1.96 bits per heavy atom. The number of hydrogen-bond donors (Lipinski definition) is 1. The van der Waals surface area contributed by atoms with Crippen LogP contribution in [0.5, 0.6) is 0 Å². The standard InChI is InChI=1S/C16H25N3O4S/c1-11-16(12(2)23-18-11)24(21,22)17-9-15(20)19-8-7-13-5-3-4-6-14(13)10-19/h13-14,17H,3-10H2,1-2H3/t13-,14-/m1/s1. The molecule has 2 fully saturated rings. The number of nitrogens with zero attached hydrogens (tertiary/aromatic N) is 2. The summed E-state index contributed by atoms with van der Waals surface area (Å²) in [5.74, 6) is 1.39. The summed E-state index contributed by atoms with van der Waals surface area (Å²) in [5, 5.41) is 3.66. The van der Waals surface area contributed by atoms with Crippen LogP contribution >= 0.6 is 0 Å². The second kappa shape index (κ2) is 6.84. The lowest BCUT2D eigenvalue weighted by atomic mass is 9.75. The predicted molar refractivity (Wildman–Crippen MR) is 87.8 cm³/mol. The highest BCUT2D eigenvalue weighted by Gasteiger charge is 2.33. The summed E-state index contributed by atoms with van der Waals surface area (Å²) < 4.78 is 32.0. The monoisotopic (exact) mass is 355 g/mol. The number of carbonyl (C=O) groups is 1. The van der Waals surface area contributed by atoms with E-state index in [0.29, 0.717) is 11.6 Å². The van der Waals surface area contributed by atoms with Crippen molar-refractivity contribution in [2.45, 2.75) is 50.8 Å². The van der Waals surface area contributed by atoms with Crippen molar-refractivity contribution in [1.29, 1.82) is 0 Å². The molecule has 2 aliphatic rings. The largest absolute Gasteiger partial charge is 0.360 e. The average Bonchev–Trinajstić information content (AvgIpc) is 2.91. The summed E-state index contributed by atoms with van der Waals surface area (Å²) in [4.78, 5) is 14.3. The Balaban J connectivity index is 1.59. The van der Waals surface area contributed by atoms with Crippen molar-refractivity contribution >= 4 is 15.9 Å². The summed E-state index contributed by atoms with van der Waals surface area (Å²) in [5.41, 5.74) is 0.301. The first-order chi connectivity index (χ1) is 11.4. The van der Waals surface area contributed by atoms with Gasteiger partial charge in [0.1, 0.15) is 10.6 Å². The van der Waals surface area contributed by atoms with E-state index >= 15 is 0 Å². The molecule has 1 aliphatic carbocycles. The van der Waals surface area contributed by atoms with Crippen LogP contribution in [0.1, 0.15) is 43.6 Å². The molecule has 1 aliphatic heterocycles. The molecule has 0 unspecified atom stereocenters. The Bertz CT molecular complexity index is 693. The number of nitrogens with one attached hydrogen (secondary N) is 1. The van der Waals surface area contributed by atoms with Gasteiger partial charge in [0, 0.05) is 13.1 Å². The van der Waals surface area contributed by atoms with E-state index in [1.807, 2.05) is 4.90 Å². The minimum Gasteiger partial charge on any atom is -0.360 e. The lowest BCUT2D eigenvalue weighted by molar-refractivity contribution is -0.133. The molecule has 2 heterocycles. The Morgan fingerprint density at radius 1 is 1.25 bits per heavy atom. The highest BCUT2D eigenvalue weighted by molar-refractivity contribution is 7.89. The van der Waals surface area contributed by atoms with Crippen LogP contribution in [-0.2, 0) is 14.8 Å². The van der Waals surface area contributed by atoms with Crippen molar-refractivity contribution in [2.75, 3.05) is 19.6 Å². The molecule has 1 N–H and O–H groups in total. The van der Waals surface area contributed by atoms with Gasteiger partial charge in [0.2, 0.25) is 15.9 Å². The van der Waals surface area contributed by atoms with Gasteiger partial charge in [-0.25, -0.2) is 13.1 Å². The highest BCUT2D eigenvalue weighted by Crippen LogP contribution is 2.36. The zero-order chi connectivity index (χ0) is 17.3. The number of likely N-dealkylation sites (tertiary alicyclic amines) is 1. The number of aryl methyl sites for hydroxylation is 2. The van der Waals surface area contributed by atoms with Crippen LogP contribution in [-0.4, -0.2) is 44.0 Å².